The van der Waals surface area contributed by atoms with E-state index in [1.54, 1.807) is 0 Å². The molecule has 3 heteroatoms. The number of aryl methyl sites for hydroxylation is 1. The number of carbonyl (C=O) groups is 1. The molecule has 3 aromatic rings. The minimum Gasteiger partial charge on any atom is -0.506 e. The van der Waals surface area contributed by atoms with Crippen molar-refractivity contribution >= 4 is 27.5 Å². The van der Waals surface area contributed by atoms with Gasteiger partial charge in [0.25, 0.3) is 0 Å². The molecular formula is C21H22O3. The summed E-state index contributed by atoms with van der Waals surface area (Å²) in [5.41, 5.74) is 1.89. The van der Waals surface area contributed by atoms with Crippen molar-refractivity contribution in [2.24, 2.45) is 0 Å². The first-order valence-corrected chi connectivity index (χ1v) is 8.19. The van der Waals surface area contributed by atoms with Crippen molar-refractivity contribution in [3.05, 3.63) is 53.1 Å². The van der Waals surface area contributed by atoms with E-state index in [4.69, 9.17) is 0 Å². The number of fused-ring (bicyclic) bond motifs is 3. The van der Waals surface area contributed by atoms with Crippen LogP contribution in [0, 0.1) is 0 Å². The van der Waals surface area contributed by atoms with Gasteiger partial charge in [0, 0.05) is 10.8 Å². The predicted molar refractivity (Wildman–Crippen MR) is 98.2 cm³/mol. The summed E-state index contributed by atoms with van der Waals surface area (Å²) in [6.07, 6.45) is 0.732. The van der Waals surface area contributed by atoms with E-state index < -0.39 is 5.97 Å². The molecule has 0 aromatic heterocycles. The van der Waals surface area contributed by atoms with Crippen molar-refractivity contribution in [1.29, 1.82) is 0 Å². The molecule has 0 bridgehead atoms. The number of benzene rings is 3. The van der Waals surface area contributed by atoms with Gasteiger partial charge in [-0.05, 0) is 39.8 Å². The molecule has 0 atom stereocenters. The van der Waals surface area contributed by atoms with E-state index in [1.165, 1.54) is 0 Å². The largest absolute Gasteiger partial charge is 0.506 e. The van der Waals surface area contributed by atoms with Crippen molar-refractivity contribution in [3.63, 3.8) is 0 Å². The van der Waals surface area contributed by atoms with E-state index in [0.717, 1.165) is 28.3 Å². The summed E-state index contributed by atoms with van der Waals surface area (Å²) in [5.74, 6) is -1.23. The van der Waals surface area contributed by atoms with Crippen LogP contribution in [-0.4, -0.2) is 16.2 Å². The SMILES string of the molecule is CCc1cccc2c1c(O)c(C(=O)O)c1cc(C(C)(C)C)ccc12. The Morgan fingerprint density at radius 3 is 2.33 bits per heavy atom. The average Bonchev–Trinajstić information content (AvgIpc) is 2.52. The van der Waals surface area contributed by atoms with Crippen molar-refractivity contribution in [1.82, 2.24) is 0 Å². The van der Waals surface area contributed by atoms with Gasteiger partial charge in [-0.2, -0.15) is 0 Å². The summed E-state index contributed by atoms with van der Waals surface area (Å²) in [6.45, 7) is 8.27. The van der Waals surface area contributed by atoms with E-state index in [2.05, 4.69) is 20.8 Å². The summed E-state index contributed by atoms with van der Waals surface area (Å²) >= 11 is 0. The fraction of sp³-hybridized carbons (Fsp3) is 0.286. The van der Waals surface area contributed by atoms with Gasteiger partial charge in [0.05, 0.1) is 0 Å². The van der Waals surface area contributed by atoms with E-state index in [9.17, 15) is 15.0 Å². The number of carboxylic acid groups (broad SMARTS) is 1. The molecule has 2 N–H and O–H groups in total. The molecule has 0 radical (unpaired) electrons. The van der Waals surface area contributed by atoms with Crippen molar-refractivity contribution < 1.29 is 15.0 Å². The molecule has 3 nitrogen and oxygen atoms in total. The first-order chi connectivity index (χ1) is 11.3. The summed E-state index contributed by atoms with van der Waals surface area (Å²) in [6, 6.07) is 11.8. The number of hydrogen-bond acceptors (Lipinski definition) is 2. The molecule has 3 aromatic carbocycles. The summed E-state index contributed by atoms with van der Waals surface area (Å²) in [4.78, 5) is 11.9. The van der Waals surface area contributed by atoms with Crippen LogP contribution in [0.3, 0.4) is 0 Å². The molecule has 0 spiro atoms. The normalized spacial score (nSPS) is 12.0. The summed E-state index contributed by atoms with van der Waals surface area (Å²) < 4.78 is 0. The van der Waals surface area contributed by atoms with Crippen LogP contribution in [-0.2, 0) is 11.8 Å². The minimum absolute atomic E-state index is 0.00972. The van der Waals surface area contributed by atoms with Gasteiger partial charge in [0.1, 0.15) is 11.3 Å². The molecule has 124 valence electrons. The molecule has 0 saturated heterocycles. The lowest BCUT2D eigenvalue weighted by atomic mass is 9.84. The molecule has 3 rings (SSSR count). The molecule has 0 amide bonds. The fourth-order valence-electron chi connectivity index (χ4n) is 3.32. The molecular weight excluding hydrogens is 300 g/mol. The maximum atomic E-state index is 11.9. The maximum Gasteiger partial charge on any atom is 0.340 e. The van der Waals surface area contributed by atoms with Gasteiger partial charge in [-0.25, -0.2) is 4.79 Å². The Labute approximate surface area is 141 Å². The lowest BCUT2D eigenvalue weighted by molar-refractivity contribution is 0.0696. The Kier molecular flexibility index (Phi) is 3.75. The van der Waals surface area contributed by atoms with E-state index in [0.29, 0.717) is 10.8 Å². The van der Waals surface area contributed by atoms with E-state index in [-0.39, 0.29) is 16.7 Å². The van der Waals surface area contributed by atoms with Crippen LogP contribution in [0.5, 0.6) is 5.75 Å². The van der Waals surface area contributed by atoms with E-state index in [1.807, 2.05) is 43.3 Å². The zero-order valence-corrected chi connectivity index (χ0v) is 14.5. The zero-order chi connectivity index (χ0) is 17.6. The van der Waals surface area contributed by atoms with Gasteiger partial charge in [-0.3, -0.25) is 0 Å². The minimum atomic E-state index is -1.10. The van der Waals surface area contributed by atoms with Gasteiger partial charge in [-0.1, -0.05) is 58.0 Å². The predicted octanol–water partition coefficient (Wildman–Crippen LogP) is 5.26. The topological polar surface area (TPSA) is 57.5 Å². The van der Waals surface area contributed by atoms with Crippen LogP contribution >= 0.6 is 0 Å². The Morgan fingerprint density at radius 1 is 1.04 bits per heavy atom. The number of carboxylic acids is 1. The highest BCUT2D eigenvalue weighted by molar-refractivity contribution is 6.20. The second kappa shape index (κ2) is 5.52. The van der Waals surface area contributed by atoms with Crippen LogP contribution in [0.15, 0.2) is 36.4 Å². The van der Waals surface area contributed by atoms with Gasteiger partial charge >= 0.3 is 5.97 Å². The van der Waals surface area contributed by atoms with Crippen molar-refractivity contribution in [3.8, 4) is 5.75 Å². The van der Waals surface area contributed by atoms with Crippen LogP contribution in [0.1, 0.15) is 49.2 Å². The number of aromatic carboxylic acids is 1. The molecule has 0 unspecified atom stereocenters. The lowest BCUT2D eigenvalue weighted by Gasteiger charge is -2.21. The first kappa shape index (κ1) is 16.3. The third kappa shape index (κ3) is 2.41. The Morgan fingerprint density at radius 2 is 1.75 bits per heavy atom. The number of rotatable bonds is 2. The maximum absolute atomic E-state index is 11.9. The third-order valence-electron chi connectivity index (χ3n) is 4.66. The molecule has 0 aliphatic carbocycles. The number of aromatic hydroxyl groups is 1. The Bertz CT molecular complexity index is 962. The average molecular weight is 322 g/mol. The monoisotopic (exact) mass is 322 g/mol. The summed E-state index contributed by atoms with van der Waals surface area (Å²) in [5, 5.41) is 23.5. The second-order valence-corrected chi connectivity index (χ2v) is 7.23. The Balaban J connectivity index is 2.57. The molecule has 0 fully saturated rings. The molecule has 0 saturated carbocycles. The molecule has 24 heavy (non-hydrogen) atoms. The quantitative estimate of drug-likeness (QED) is 0.633. The highest BCUT2D eigenvalue weighted by Crippen LogP contribution is 2.40. The highest BCUT2D eigenvalue weighted by atomic mass is 16.4. The van der Waals surface area contributed by atoms with Gasteiger partial charge in [0.2, 0.25) is 0 Å². The summed E-state index contributed by atoms with van der Waals surface area (Å²) in [7, 11) is 0. The standard InChI is InChI=1S/C21H22O3/c1-5-12-7-6-8-15-14-10-9-13(21(2,3)4)11-16(14)18(20(23)24)19(22)17(12)15/h6-11,22H,5H2,1-4H3,(H,23,24). The lowest BCUT2D eigenvalue weighted by Crippen LogP contribution is -2.11. The van der Waals surface area contributed by atoms with Gasteiger partial charge in [-0.15, -0.1) is 0 Å². The van der Waals surface area contributed by atoms with Crippen LogP contribution < -0.4 is 0 Å². The molecule has 0 aliphatic rings. The third-order valence-corrected chi connectivity index (χ3v) is 4.66. The Hall–Kier alpha value is -2.55. The zero-order valence-electron chi connectivity index (χ0n) is 14.5. The van der Waals surface area contributed by atoms with Gasteiger partial charge in [0.15, 0.2) is 0 Å². The number of hydrogen-bond donors (Lipinski definition) is 2. The first-order valence-electron chi connectivity index (χ1n) is 8.19. The molecule has 0 heterocycles. The van der Waals surface area contributed by atoms with Crippen LogP contribution in [0.2, 0.25) is 0 Å². The fourth-order valence-corrected chi connectivity index (χ4v) is 3.32. The van der Waals surface area contributed by atoms with Crippen molar-refractivity contribution in [2.75, 3.05) is 0 Å². The van der Waals surface area contributed by atoms with Crippen LogP contribution in [0.4, 0.5) is 0 Å². The molecule has 0 aliphatic heterocycles. The van der Waals surface area contributed by atoms with Crippen molar-refractivity contribution in [2.45, 2.75) is 39.5 Å². The highest BCUT2D eigenvalue weighted by Gasteiger charge is 2.22. The van der Waals surface area contributed by atoms with Crippen LogP contribution in [0.25, 0.3) is 21.5 Å². The van der Waals surface area contributed by atoms with Gasteiger partial charge < -0.3 is 10.2 Å². The smallest absolute Gasteiger partial charge is 0.340 e. The second-order valence-electron chi connectivity index (χ2n) is 7.23. The van der Waals surface area contributed by atoms with E-state index >= 15 is 0 Å². The number of phenols is 1.